The molecule has 1 fully saturated rings. The number of hydrogen-bond acceptors (Lipinski definition) is 4. The number of esters is 1. The predicted molar refractivity (Wildman–Crippen MR) is 68.9 cm³/mol. The Hall–Kier alpha value is -0.610. The van der Waals surface area contributed by atoms with Gasteiger partial charge in [-0.3, -0.25) is 4.79 Å². The van der Waals surface area contributed by atoms with Crippen LogP contribution in [0.3, 0.4) is 0 Å². The summed E-state index contributed by atoms with van der Waals surface area (Å²) in [5.74, 6) is 0.499. The minimum atomic E-state index is -0.175. The van der Waals surface area contributed by atoms with Gasteiger partial charge in [0.1, 0.15) is 6.04 Å². The third-order valence-corrected chi connectivity index (χ3v) is 2.76. The highest BCUT2D eigenvalue weighted by atomic mass is 16.5. The highest BCUT2D eigenvalue weighted by Crippen LogP contribution is 2.19. The highest BCUT2D eigenvalue weighted by Gasteiger charge is 2.29. The van der Waals surface area contributed by atoms with Crippen LogP contribution in [0.5, 0.6) is 0 Å². The Balaban J connectivity index is 2.40. The second-order valence-electron chi connectivity index (χ2n) is 5.36. The summed E-state index contributed by atoms with van der Waals surface area (Å²) in [5.41, 5.74) is 0. The fourth-order valence-electron chi connectivity index (χ4n) is 1.98. The quantitative estimate of drug-likeness (QED) is 0.651. The van der Waals surface area contributed by atoms with Crippen LogP contribution in [0.2, 0.25) is 0 Å². The first-order valence-electron chi connectivity index (χ1n) is 6.64. The van der Waals surface area contributed by atoms with Crippen LogP contribution in [0.15, 0.2) is 0 Å². The Morgan fingerprint density at radius 2 is 2.06 bits per heavy atom. The maximum Gasteiger partial charge on any atom is 0.324 e. The van der Waals surface area contributed by atoms with Gasteiger partial charge in [0.15, 0.2) is 0 Å². The van der Waals surface area contributed by atoms with Crippen molar-refractivity contribution in [3.63, 3.8) is 0 Å². The van der Waals surface area contributed by atoms with E-state index >= 15 is 0 Å². The molecule has 1 rings (SSSR count). The van der Waals surface area contributed by atoms with Crippen molar-refractivity contribution in [3.05, 3.63) is 0 Å². The molecule has 0 heterocycles. The predicted octanol–water partition coefficient (Wildman–Crippen LogP) is 1.26. The number of nitrogens with zero attached hydrogens (tertiary/aromatic N) is 1. The smallest absolute Gasteiger partial charge is 0.324 e. The van der Waals surface area contributed by atoms with Crippen LogP contribution in [-0.4, -0.2) is 49.7 Å². The molecule has 1 atom stereocenters. The van der Waals surface area contributed by atoms with Crippen molar-refractivity contribution in [1.82, 2.24) is 10.2 Å². The number of carbonyl (C=O) groups excluding carboxylic acids is 1. The molecule has 4 heteroatoms. The second kappa shape index (κ2) is 6.97. The largest absolute Gasteiger partial charge is 0.465 e. The summed E-state index contributed by atoms with van der Waals surface area (Å²) >= 11 is 0. The van der Waals surface area contributed by atoms with Crippen molar-refractivity contribution in [2.24, 2.45) is 5.92 Å². The molecule has 1 saturated carbocycles. The molecule has 100 valence electrons. The zero-order chi connectivity index (χ0) is 12.8. The molecule has 0 amide bonds. The molecule has 0 aliphatic heterocycles. The lowest BCUT2D eigenvalue weighted by atomic mass is 10.2. The summed E-state index contributed by atoms with van der Waals surface area (Å²) in [7, 11) is 2.06. The summed E-state index contributed by atoms with van der Waals surface area (Å²) in [6.45, 7) is 8.41. The van der Waals surface area contributed by atoms with E-state index in [0.717, 1.165) is 13.1 Å². The van der Waals surface area contributed by atoms with Crippen LogP contribution < -0.4 is 5.32 Å². The Bertz CT molecular complexity index is 240. The minimum Gasteiger partial charge on any atom is -0.465 e. The Kier molecular flexibility index (Phi) is 5.92. The van der Waals surface area contributed by atoms with Crippen LogP contribution in [0, 0.1) is 5.92 Å². The topological polar surface area (TPSA) is 41.6 Å². The van der Waals surface area contributed by atoms with Gasteiger partial charge < -0.3 is 15.0 Å². The van der Waals surface area contributed by atoms with E-state index < -0.39 is 0 Å². The first-order valence-corrected chi connectivity index (χ1v) is 6.64. The van der Waals surface area contributed by atoms with Gasteiger partial charge in [0.25, 0.3) is 0 Å². The molecule has 1 aliphatic rings. The number of carbonyl (C=O) groups is 1. The number of likely N-dealkylation sites (N-methyl/N-ethyl adjacent to an activating group) is 1. The van der Waals surface area contributed by atoms with Crippen LogP contribution >= 0.6 is 0 Å². The second-order valence-corrected chi connectivity index (χ2v) is 5.36. The van der Waals surface area contributed by atoms with Gasteiger partial charge >= 0.3 is 5.97 Å². The molecule has 1 aliphatic carbocycles. The zero-order valence-corrected chi connectivity index (χ0v) is 11.5. The Morgan fingerprint density at radius 3 is 2.53 bits per heavy atom. The van der Waals surface area contributed by atoms with Crippen molar-refractivity contribution < 1.29 is 9.53 Å². The van der Waals surface area contributed by atoms with Crippen LogP contribution in [-0.2, 0) is 9.53 Å². The molecule has 0 radical (unpaired) electrons. The number of rotatable bonds is 8. The minimum absolute atomic E-state index is 0.116. The maximum atomic E-state index is 11.8. The lowest BCUT2D eigenvalue weighted by Crippen LogP contribution is -2.47. The van der Waals surface area contributed by atoms with Crippen molar-refractivity contribution in [2.45, 2.75) is 45.7 Å². The number of ether oxygens (including phenoxy) is 1. The first-order chi connectivity index (χ1) is 8.02. The molecular weight excluding hydrogens is 216 g/mol. The lowest BCUT2D eigenvalue weighted by molar-refractivity contribution is -0.146. The van der Waals surface area contributed by atoms with Crippen LogP contribution in [0.4, 0.5) is 0 Å². The molecule has 0 aromatic heterocycles. The van der Waals surface area contributed by atoms with Crippen molar-refractivity contribution in [1.29, 1.82) is 0 Å². The average molecular weight is 242 g/mol. The highest BCUT2D eigenvalue weighted by molar-refractivity contribution is 5.76. The molecule has 1 unspecified atom stereocenters. The molecule has 0 aromatic carbocycles. The van der Waals surface area contributed by atoms with E-state index in [-0.39, 0.29) is 12.0 Å². The number of hydrogen-bond donors (Lipinski definition) is 1. The van der Waals surface area contributed by atoms with Gasteiger partial charge in [0, 0.05) is 19.1 Å². The van der Waals surface area contributed by atoms with Gasteiger partial charge in [-0.15, -0.1) is 0 Å². The fourth-order valence-corrected chi connectivity index (χ4v) is 1.98. The third kappa shape index (κ3) is 6.03. The van der Waals surface area contributed by atoms with E-state index in [4.69, 9.17) is 4.74 Å². The van der Waals surface area contributed by atoms with Crippen molar-refractivity contribution in [2.75, 3.05) is 26.7 Å². The summed E-state index contributed by atoms with van der Waals surface area (Å²) in [6, 6.07) is 0.350. The van der Waals surface area contributed by atoms with Crippen LogP contribution in [0.1, 0.15) is 33.6 Å². The van der Waals surface area contributed by atoms with E-state index in [1.165, 1.54) is 12.8 Å². The van der Waals surface area contributed by atoms with Gasteiger partial charge in [-0.05, 0) is 32.7 Å². The van der Waals surface area contributed by atoms with Gasteiger partial charge in [-0.2, -0.15) is 0 Å². The summed E-state index contributed by atoms with van der Waals surface area (Å²) < 4.78 is 5.11. The Morgan fingerprint density at radius 1 is 1.41 bits per heavy atom. The summed E-state index contributed by atoms with van der Waals surface area (Å²) in [6.07, 6.45) is 2.37. The molecule has 4 nitrogen and oxygen atoms in total. The summed E-state index contributed by atoms with van der Waals surface area (Å²) in [5, 5.41) is 3.36. The average Bonchev–Trinajstić information content (AvgIpc) is 2.99. The number of nitrogens with one attached hydrogen (secondary N) is 1. The molecule has 0 saturated heterocycles. The van der Waals surface area contributed by atoms with E-state index in [9.17, 15) is 4.79 Å². The van der Waals surface area contributed by atoms with E-state index in [0.29, 0.717) is 18.6 Å². The maximum absolute atomic E-state index is 11.8. The molecule has 1 N–H and O–H groups in total. The Labute approximate surface area is 105 Å². The molecule has 17 heavy (non-hydrogen) atoms. The van der Waals surface area contributed by atoms with Gasteiger partial charge in [-0.1, -0.05) is 13.8 Å². The fraction of sp³-hybridized carbons (Fsp3) is 0.923. The van der Waals surface area contributed by atoms with Gasteiger partial charge in [-0.25, -0.2) is 0 Å². The molecular formula is C13H26N2O2. The van der Waals surface area contributed by atoms with Crippen LogP contribution in [0.25, 0.3) is 0 Å². The zero-order valence-electron chi connectivity index (χ0n) is 11.5. The molecule has 0 aromatic rings. The third-order valence-electron chi connectivity index (χ3n) is 2.76. The molecule has 0 bridgehead atoms. The van der Waals surface area contributed by atoms with Gasteiger partial charge in [0.2, 0.25) is 0 Å². The van der Waals surface area contributed by atoms with E-state index in [1.807, 2.05) is 6.92 Å². The molecule has 0 spiro atoms. The normalized spacial score (nSPS) is 17.5. The monoisotopic (exact) mass is 242 g/mol. The summed E-state index contributed by atoms with van der Waals surface area (Å²) in [4.78, 5) is 14.0. The lowest BCUT2D eigenvalue weighted by Gasteiger charge is -2.24. The first kappa shape index (κ1) is 14.5. The van der Waals surface area contributed by atoms with Crippen molar-refractivity contribution in [3.8, 4) is 0 Å². The van der Waals surface area contributed by atoms with E-state index in [1.54, 1.807) is 0 Å². The van der Waals surface area contributed by atoms with E-state index in [2.05, 4.69) is 31.1 Å². The SMILES string of the molecule is CCOC(=O)C(CN(C)CC(C)C)NC1CC1. The van der Waals surface area contributed by atoms with Gasteiger partial charge in [0.05, 0.1) is 6.61 Å². The standard InChI is InChI=1S/C13H26N2O2/c1-5-17-13(16)12(14-11-6-7-11)9-15(4)8-10(2)3/h10-12,14H,5-9H2,1-4H3. The van der Waals surface area contributed by atoms with Crippen molar-refractivity contribution >= 4 is 5.97 Å².